The normalized spacial score (nSPS) is 28.8. The lowest BCUT2D eigenvalue weighted by molar-refractivity contribution is -0.148. The van der Waals surface area contributed by atoms with Crippen LogP contribution in [0.1, 0.15) is 46.0 Å². The first-order chi connectivity index (χ1) is 9.74. The molecule has 1 aliphatic carbocycles. The molecule has 1 amide bonds. The predicted octanol–water partition coefficient (Wildman–Crippen LogP) is 1.80. The summed E-state index contributed by atoms with van der Waals surface area (Å²) in [4.78, 5) is 34.1. The van der Waals surface area contributed by atoms with Gasteiger partial charge in [-0.3, -0.25) is 9.59 Å². The number of aliphatic carboxylic acids is 2. The van der Waals surface area contributed by atoms with Gasteiger partial charge in [-0.25, -0.2) is 4.79 Å². The molecule has 0 aliphatic heterocycles. The second kappa shape index (κ2) is 7.24. The minimum absolute atomic E-state index is 0.376. The Morgan fingerprint density at radius 1 is 1.33 bits per heavy atom. The number of carboxylic acid groups (broad SMARTS) is 2. The van der Waals surface area contributed by atoms with E-state index in [1.54, 1.807) is 0 Å². The first-order valence-electron chi connectivity index (χ1n) is 7.17. The fourth-order valence-electron chi connectivity index (χ4n) is 2.43. The maximum absolute atomic E-state index is 12.4. The first kappa shape index (κ1) is 17.2. The molecule has 3 N–H and O–H groups in total. The third-order valence-electron chi connectivity index (χ3n) is 4.01. The largest absolute Gasteiger partial charge is 0.481 e. The lowest BCUT2D eigenvalue weighted by atomic mass is 9.76. The molecule has 6 nitrogen and oxygen atoms in total. The minimum atomic E-state index is -1.38. The molecule has 6 heteroatoms. The van der Waals surface area contributed by atoms with Crippen molar-refractivity contribution >= 4 is 17.8 Å². The number of rotatable bonds is 5. The van der Waals surface area contributed by atoms with Crippen LogP contribution in [0, 0.1) is 11.3 Å². The molecule has 1 rings (SSSR count). The minimum Gasteiger partial charge on any atom is -0.481 e. The van der Waals surface area contributed by atoms with E-state index in [1.807, 2.05) is 13.0 Å². The summed E-state index contributed by atoms with van der Waals surface area (Å²) in [7, 11) is 0. The van der Waals surface area contributed by atoms with Crippen LogP contribution in [-0.2, 0) is 14.4 Å². The Morgan fingerprint density at radius 3 is 2.57 bits per heavy atom. The van der Waals surface area contributed by atoms with E-state index in [4.69, 9.17) is 10.2 Å². The van der Waals surface area contributed by atoms with Crippen LogP contribution < -0.4 is 5.32 Å². The van der Waals surface area contributed by atoms with E-state index in [0.29, 0.717) is 18.8 Å². The third-order valence-corrected chi connectivity index (χ3v) is 4.01. The number of hydrogen-bond acceptors (Lipinski definition) is 3. The molecule has 0 aromatic rings. The van der Waals surface area contributed by atoms with Gasteiger partial charge in [-0.1, -0.05) is 26.0 Å². The van der Waals surface area contributed by atoms with Crippen LogP contribution in [-0.4, -0.2) is 34.1 Å². The van der Waals surface area contributed by atoms with E-state index in [0.717, 1.165) is 12.8 Å². The van der Waals surface area contributed by atoms with Gasteiger partial charge in [0.05, 0.1) is 6.42 Å². The summed E-state index contributed by atoms with van der Waals surface area (Å²) in [5.74, 6) is -2.57. The average molecular weight is 297 g/mol. The van der Waals surface area contributed by atoms with Gasteiger partial charge in [0.2, 0.25) is 5.91 Å². The van der Waals surface area contributed by atoms with Gasteiger partial charge in [0.1, 0.15) is 6.04 Å². The molecular formula is C15H23NO5. The Kier molecular flexibility index (Phi) is 5.93. The Bertz CT molecular complexity index is 445. The lowest BCUT2D eigenvalue weighted by Gasteiger charge is -2.31. The van der Waals surface area contributed by atoms with Crippen LogP contribution in [0.15, 0.2) is 12.2 Å². The van der Waals surface area contributed by atoms with Gasteiger partial charge in [0.15, 0.2) is 0 Å². The molecule has 0 aromatic carbocycles. The summed E-state index contributed by atoms with van der Waals surface area (Å²) in [5, 5.41) is 20.1. The second-order valence-corrected chi connectivity index (χ2v) is 6.01. The van der Waals surface area contributed by atoms with Crippen LogP contribution in [0.4, 0.5) is 0 Å². The topological polar surface area (TPSA) is 104 Å². The zero-order chi connectivity index (χ0) is 16.0. The van der Waals surface area contributed by atoms with Gasteiger partial charge in [-0.05, 0) is 31.6 Å². The molecule has 3 atom stereocenters. The van der Waals surface area contributed by atoms with Crippen molar-refractivity contribution in [1.82, 2.24) is 5.32 Å². The molecule has 0 spiro atoms. The van der Waals surface area contributed by atoms with Crippen molar-refractivity contribution in [2.45, 2.75) is 52.0 Å². The average Bonchev–Trinajstić information content (AvgIpc) is 2.38. The van der Waals surface area contributed by atoms with E-state index in [9.17, 15) is 14.4 Å². The highest BCUT2D eigenvalue weighted by Gasteiger charge is 2.36. The number of carbonyl (C=O) groups is 3. The smallest absolute Gasteiger partial charge is 0.326 e. The molecule has 0 saturated heterocycles. The standard InChI is InChI=1S/C15H23NO5/c1-10-5-3-4-7-15(2,8-6-10)14(21)16-11(13(19)20)9-12(17)18/h3,5,10-11H,4,6-9H2,1-2H3,(H,16,21)(H,17,18)(H,19,20)/b5-3+. The van der Waals surface area contributed by atoms with Crippen LogP contribution >= 0.6 is 0 Å². The first-order valence-corrected chi connectivity index (χ1v) is 7.17. The number of carbonyl (C=O) groups excluding carboxylic acids is 1. The summed E-state index contributed by atoms with van der Waals surface area (Å²) in [6, 6.07) is -1.38. The van der Waals surface area contributed by atoms with E-state index >= 15 is 0 Å². The van der Waals surface area contributed by atoms with Crippen molar-refractivity contribution in [3.63, 3.8) is 0 Å². The maximum Gasteiger partial charge on any atom is 0.326 e. The number of hydrogen-bond donors (Lipinski definition) is 3. The predicted molar refractivity (Wildman–Crippen MR) is 76.7 cm³/mol. The number of nitrogens with one attached hydrogen (secondary N) is 1. The molecule has 0 bridgehead atoms. The molecule has 0 saturated carbocycles. The van der Waals surface area contributed by atoms with E-state index < -0.39 is 29.8 Å². The molecule has 21 heavy (non-hydrogen) atoms. The van der Waals surface area contributed by atoms with Crippen molar-refractivity contribution in [3.8, 4) is 0 Å². The molecule has 118 valence electrons. The summed E-state index contributed by atoms with van der Waals surface area (Å²) < 4.78 is 0. The summed E-state index contributed by atoms with van der Waals surface area (Å²) >= 11 is 0. The van der Waals surface area contributed by atoms with E-state index in [1.165, 1.54) is 0 Å². The Hall–Kier alpha value is -1.85. The zero-order valence-corrected chi connectivity index (χ0v) is 12.5. The van der Waals surface area contributed by atoms with E-state index in [2.05, 4.69) is 18.3 Å². The Labute approximate surface area is 124 Å². The summed E-state index contributed by atoms with van der Waals surface area (Å²) in [6.07, 6.45) is 6.43. The fraction of sp³-hybridized carbons (Fsp3) is 0.667. The van der Waals surface area contributed by atoms with Crippen molar-refractivity contribution in [1.29, 1.82) is 0 Å². The summed E-state index contributed by atoms with van der Waals surface area (Å²) in [5.41, 5.74) is -0.661. The SMILES string of the molecule is CC1/C=C/CCC(C)(C(=O)NC(CC(=O)O)C(=O)O)CC1. The third kappa shape index (κ3) is 5.21. The quantitative estimate of drug-likeness (QED) is 0.671. The van der Waals surface area contributed by atoms with Crippen molar-refractivity contribution in [2.75, 3.05) is 0 Å². The van der Waals surface area contributed by atoms with Gasteiger partial charge in [0.25, 0.3) is 0 Å². The highest BCUT2D eigenvalue weighted by Crippen LogP contribution is 2.33. The van der Waals surface area contributed by atoms with Crippen molar-refractivity contribution in [2.24, 2.45) is 11.3 Å². The molecule has 1 aliphatic rings. The van der Waals surface area contributed by atoms with Gasteiger partial charge >= 0.3 is 11.9 Å². The van der Waals surface area contributed by atoms with Gasteiger partial charge < -0.3 is 15.5 Å². The number of amides is 1. The highest BCUT2D eigenvalue weighted by molar-refractivity contribution is 5.89. The van der Waals surface area contributed by atoms with Crippen molar-refractivity contribution < 1.29 is 24.6 Å². The number of allylic oxidation sites excluding steroid dienone is 2. The molecule has 0 fully saturated rings. The van der Waals surface area contributed by atoms with Crippen LogP contribution in [0.3, 0.4) is 0 Å². The van der Waals surface area contributed by atoms with Crippen LogP contribution in [0.5, 0.6) is 0 Å². The zero-order valence-electron chi connectivity index (χ0n) is 12.5. The summed E-state index contributed by atoms with van der Waals surface area (Å²) in [6.45, 7) is 3.89. The second-order valence-electron chi connectivity index (χ2n) is 6.01. The van der Waals surface area contributed by atoms with Crippen LogP contribution in [0.2, 0.25) is 0 Å². The Balaban J connectivity index is 2.77. The lowest BCUT2D eigenvalue weighted by Crippen LogP contribution is -2.48. The van der Waals surface area contributed by atoms with Gasteiger partial charge in [-0.15, -0.1) is 0 Å². The fourth-order valence-corrected chi connectivity index (χ4v) is 2.43. The Morgan fingerprint density at radius 2 is 2.00 bits per heavy atom. The van der Waals surface area contributed by atoms with Gasteiger partial charge in [-0.2, -0.15) is 0 Å². The maximum atomic E-state index is 12.4. The molecule has 3 unspecified atom stereocenters. The molecule has 0 aromatic heterocycles. The molecule has 0 heterocycles. The molecule has 0 radical (unpaired) electrons. The van der Waals surface area contributed by atoms with E-state index in [-0.39, 0.29) is 5.91 Å². The van der Waals surface area contributed by atoms with Gasteiger partial charge in [0, 0.05) is 5.41 Å². The highest BCUT2D eigenvalue weighted by atomic mass is 16.4. The number of carboxylic acids is 2. The van der Waals surface area contributed by atoms with Crippen LogP contribution in [0.25, 0.3) is 0 Å². The monoisotopic (exact) mass is 297 g/mol. The molecular weight excluding hydrogens is 274 g/mol. The van der Waals surface area contributed by atoms with Crippen molar-refractivity contribution in [3.05, 3.63) is 12.2 Å².